The normalized spacial score (nSPS) is 30.2. The van der Waals surface area contributed by atoms with Crippen molar-refractivity contribution in [2.24, 2.45) is 17.8 Å². The van der Waals surface area contributed by atoms with Crippen LogP contribution in [0.1, 0.15) is 94.2 Å². The van der Waals surface area contributed by atoms with Crippen molar-refractivity contribution in [3.63, 3.8) is 0 Å². The van der Waals surface area contributed by atoms with Crippen molar-refractivity contribution in [1.82, 2.24) is 20.3 Å². The second kappa shape index (κ2) is 15.3. The second-order valence-corrected chi connectivity index (χ2v) is 18.2. The number of methoxy groups -OCH3 is 1. The van der Waals surface area contributed by atoms with Crippen molar-refractivity contribution in [3.05, 3.63) is 42.0 Å². The minimum Gasteiger partial charge on any atom is -0.497 e. The molecular weight excluding hydrogens is 749 g/mol. The van der Waals surface area contributed by atoms with Gasteiger partial charge in [0.05, 0.1) is 24.0 Å². The number of benzene rings is 1. The Bertz CT molecular complexity index is 1830. The molecule has 4 aliphatic rings. The number of nitrogens with one attached hydrogen (secondary N) is 3. The molecule has 2 aliphatic heterocycles. The molecule has 0 unspecified atom stereocenters. The fourth-order valence-corrected chi connectivity index (χ4v) is 8.30. The van der Waals surface area contributed by atoms with Gasteiger partial charge in [-0.05, 0) is 95.4 Å². The lowest BCUT2D eigenvalue weighted by atomic mass is 9.88. The molecule has 0 bridgehead atoms. The molecule has 5 rings (SSSR count). The SMILES string of the molecule is COc1ccc(C(=O)O[C@@H]2C[C@H]3C(=O)N[C@]4(C(=O)NS(=O)(=O)C5(C)CC5)C[C@H]4/C=C\CC[C@@H](C)C[C@@H](C)[C@H](NC(=O)OC(C)(C)C(F)(F)F)C(=O)N3C2)cc1.[HH].[HH].[HH]. The molecule has 310 valence electrons. The van der Waals surface area contributed by atoms with E-state index in [0.717, 1.165) is 4.90 Å². The van der Waals surface area contributed by atoms with E-state index in [2.05, 4.69) is 15.4 Å². The molecule has 1 saturated heterocycles. The second-order valence-electron chi connectivity index (χ2n) is 16.0. The first-order chi connectivity index (χ1) is 25.5. The molecule has 2 saturated carbocycles. The van der Waals surface area contributed by atoms with E-state index < -0.39 is 91.9 Å². The van der Waals surface area contributed by atoms with Crippen molar-refractivity contribution in [3.8, 4) is 5.75 Å². The Morgan fingerprint density at radius 2 is 1.71 bits per heavy atom. The number of alkyl carbamates (subject to hydrolysis) is 1. The van der Waals surface area contributed by atoms with Crippen LogP contribution in [0.25, 0.3) is 0 Å². The third kappa shape index (κ3) is 9.04. The number of rotatable bonds is 8. The lowest BCUT2D eigenvalue weighted by Gasteiger charge is -2.34. The van der Waals surface area contributed by atoms with Crippen LogP contribution in [0.15, 0.2) is 36.4 Å². The van der Waals surface area contributed by atoms with Crippen LogP contribution >= 0.6 is 0 Å². The molecule has 7 atom stereocenters. The molecule has 18 heteroatoms. The van der Waals surface area contributed by atoms with Crippen molar-refractivity contribution in [2.75, 3.05) is 13.7 Å². The first kappa shape index (κ1) is 41.8. The summed E-state index contributed by atoms with van der Waals surface area (Å²) in [6, 6.07) is 3.11. The van der Waals surface area contributed by atoms with Crippen molar-refractivity contribution in [2.45, 2.75) is 120 Å². The van der Waals surface area contributed by atoms with Gasteiger partial charge in [0.2, 0.25) is 27.4 Å². The van der Waals surface area contributed by atoms with Gasteiger partial charge in [0, 0.05) is 16.6 Å². The van der Waals surface area contributed by atoms with E-state index in [9.17, 15) is 45.6 Å². The Hall–Kier alpha value is -4.35. The Morgan fingerprint density at radius 1 is 1.05 bits per heavy atom. The summed E-state index contributed by atoms with van der Waals surface area (Å²) in [5.74, 6) is -4.25. The number of sulfonamides is 1. The molecule has 0 radical (unpaired) electrons. The van der Waals surface area contributed by atoms with Gasteiger partial charge in [-0.25, -0.2) is 18.0 Å². The highest BCUT2D eigenvalue weighted by molar-refractivity contribution is 7.91. The summed E-state index contributed by atoms with van der Waals surface area (Å²) in [6.45, 7) is 6.05. The van der Waals surface area contributed by atoms with Crippen LogP contribution < -0.4 is 20.1 Å². The van der Waals surface area contributed by atoms with Gasteiger partial charge >= 0.3 is 18.2 Å². The van der Waals surface area contributed by atoms with Gasteiger partial charge < -0.3 is 29.7 Å². The maximum atomic E-state index is 14.5. The quantitative estimate of drug-likeness (QED) is 0.242. The molecule has 2 heterocycles. The summed E-state index contributed by atoms with van der Waals surface area (Å²) in [6.07, 6.45) is -1.94. The Kier molecular flexibility index (Phi) is 11.6. The van der Waals surface area contributed by atoms with Gasteiger partial charge in [-0.1, -0.05) is 26.0 Å². The number of halogens is 3. The molecule has 2 aliphatic carbocycles. The number of carbonyl (C=O) groups is 5. The maximum Gasteiger partial charge on any atom is 0.427 e. The molecule has 3 fully saturated rings. The van der Waals surface area contributed by atoms with E-state index in [4.69, 9.17) is 14.2 Å². The van der Waals surface area contributed by atoms with E-state index in [1.54, 1.807) is 25.1 Å². The van der Waals surface area contributed by atoms with Crippen LogP contribution in [0, 0.1) is 17.8 Å². The van der Waals surface area contributed by atoms with Crippen molar-refractivity contribution in [1.29, 1.82) is 0 Å². The Labute approximate surface area is 322 Å². The number of ether oxygens (including phenoxy) is 3. The molecule has 14 nitrogen and oxygen atoms in total. The van der Waals surface area contributed by atoms with Crippen LogP contribution in [-0.2, 0) is 33.9 Å². The number of carbonyl (C=O) groups excluding carboxylic acids is 5. The van der Waals surface area contributed by atoms with Gasteiger partial charge in [-0.3, -0.25) is 19.1 Å². The van der Waals surface area contributed by atoms with E-state index in [-0.39, 0.29) is 35.1 Å². The predicted molar refractivity (Wildman–Crippen MR) is 197 cm³/mol. The fourth-order valence-electron chi connectivity index (χ4n) is 6.99. The first-order valence-corrected chi connectivity index (χ1v) is 19.8. The highest BCUT2D eigenvalue weighted by atomic mass is 32.2. The number of nitrogens with zero attached hydrogens (tertiary/aromatic N) is 1. The van der Waals surface area contributed by atoms with Gasteiger partial charge in [0.25, 0.3) is 5.91 Å². The van der Waals surface area contributed by atoms with Crippen LogP contribution in [0.2, 0.25) is 0 Å². The summed E-state index contributed by atoms with van der Waals surface area (Å²) in [5, 5.41) is 5.03. The zero-order valence-electron chi connectivity index (χ0n) is 31.7. The minimum absolute atomic E-state index is 0. The molecule has 0 spiro atoms. The first-order valence-electron chi connectivity index (χ1n) is 18.3. The lowest BCUT2D eigenvalue weighted by molar-refractivity contribution is -0.244. The third-order valence-corrected chi connectivity index (χ3v) is 13.3. The highest BCUT2D eigenvalue weighted by Gasteiger charge is 2.63. The number of hydrogen-bond donors (Lipinski definition) is 3. The number of fused-ring (bicyclic) bond motifs is 2. The molecule has 3 N–H and O–H groups in total. The van der Waals surface area contributed by atoms with E-state index in [0.29, 0.717) is 51.7 Å². The summed E-state index contributed by atoms with van der Waals surface area (Å²) in [7, 11) is -2.64. The number of allylic oxidation sites excluding steroid dienone is 1. The van der Waals surface area contributed by atoms with Crippen LogP contribution in [0.4, 0.5) is 18.0 Å². The Balaban J connectivity index is 0.00000387. The zero-order chi connectivity index (χ0) is 40.7. The number of hydrogen-bond acceptors (Lipinski definition) is 10. The summed E-state index contributed by atoms with van der Waals surface area (Å²) in [5.41, 5.74) is -4.44. The third-order valence-electron chi connectivity index (χ3n) is 11.2. The fraction of sp³-hybridized carbons (Fsp3) is 0.649. The molecule has 0 aromatic heterocycles. The molecule has 4 amide bonds. The topological polar surface area (TPSA) is 187 Å². The summed E-state index contributed by atoms with van der Waals surface area (Å²) in [4.78, 5) is 69.9. The lowest BCUT2D eigenvalue weighted by Crippen LogP contribution is -2.59. The highest BCUT2D eigenvalue weighted by Crippen LogP contribution is 2.47. The number of esters is 1. The van der Waals surface area contributed by atoms with Crippen LogP contribution in [0.3, 0.4) is 0 Å². The largest absolute Gasteiger partial charge is 0.497 e. The summed E-state index contributed by atoms with van der Waals surface area (Å²) >= 11 is 0. The molecular formula is C37H55F3N4O10S. The number of amides is 4. The molecule has 1 aromatic carbocycles. The van der Waals surface area contributed by atoms with E-state index in [1.165, 1.54) is 26.2 Å². The predicted octanol–water partition coefficient (Wildman–Crippen LogP) is 4.88. The maximum absolute atomic E-state index is 14.5. The van der Waals surface area contributed by atoms with Crippen molar-refractivity contribution >= 4 is 39.8 Å². The van der Waals surface area contributed by atoms with Gasteiger partial charge in [-0.15, -0.1) is 0 Å². The minimum atomic E-state index is -4.93. The van der Waals surface area contributed by atoms with Crippen LogP contribution in [-0.4, -0.2) is 97.0 Å². The van der Waals surface area contributed by atoms with Gasteiger partial charge in [0.1, 0.15) is 29.5 Å². The smallest absolute Gasteiger partial charge is 0.427 e. The average molecular weight is 805 g/mol. The standard InChI is InChI=1S/C37H49F3N4O10S.3H2/c1-21-9-7-8-10-24-19-36(24,32(48)43-55(50,51)35(5)15-16-35)42-29(45)27-18-26(53-31(47)23-11-13-25(52-6)14-12-23)20-44(27)30(46)28(22(2)17-21)41-33(49)54-34(3,4)37(38,39)40;;;/h8,10-14,21-22,24,26-28H,7,9,15-20H2,1-6H3,(H,41,49)(H,42,45)(H,43,48);3*1H/b10-8-;;;/t21-,22-,24-,26-,27+,28+,36-;;;/m1.../s1. The van der Waals surface area contributed by atoms with Crippen LogP contribution in [0.5, 0.6) is 5.75 Å². The zero-order valence-corrected chi connectivity index (χ0v) is 32.5. The molecule has 1 aromatic rings. The van der Waals surface area contributed by atoms with Gasteiger partial charge in [-0.2, -0.15) is 13.2 Å². The van der Waals surface area contributed by atoms with Gasteiger partial charge in [0.15, 0.2) is 0 Å². The number of alkyl halides is 3. The molecule has 55 heavy (non-hydrogen) atoms. The summed E-state index contributed by atoms with van der Waals surface area (Å²) < 4.78 is 83.8. The van der Waals surface area contributed by atoms with E-state index >= 15 is 0 Å². The van der Waals surface area contributed by atoms with Crippen molar-refractivity contribution < 1.29 is 64.1 Å². The average Bonchev–Trinajstić information content (AvgIpc) is 3.98. The van der Waals surface area contributed by atoms with E-state index in [1.807, 2.05) is 13.0 Å². The monoisotopic (exact) mass is 804 g/mol. The Morgan fingerprint density at radius 3 is 2.31 bits per heavy atom.